The van der Waals surface area contributed by atoms with Crippen molar-refractivity contribution in [1.29, 1.82) is 0 Å². The predicted octanol–water partition coefficient (Wildman–Crippen LogP) is 1.10. The van der Waals surface area contributed by atoms with E-state index in [1.807, 2.05) is 14.1 Å². The number of ether oxygens (including phenoxy) is 2. The van der Waals surface area contributed by atoms with E-state index in [-0.39, 0.29) is 0 Å². The van der Waals surface area contributed by atoms with Gasteiger partial charge in [0.1, 0.15) is 5.56 Å². The second kappa shape index (κ2) is 5.83. The molecule has 0 saturated carbocycles. The molecule has 0 saturated heterocycles. The summed E-state index contributed by atoms with van der Waals surface area (Å²) in [7, 11) is 6.46. The highest BCUT2D eigenvalue weighted by atomic mass is 16.5. The normalized spacial score (nSPS) is 10.4. The minimum absolute atomic E-state index is 0.302. The first-order valence-corrected chi connectivity index (χ1v) is 4.91. The Morgan fingerprint density at radius 2 is 2.18 bits per heavy atom. The SMILES string of the molecule is COC(=O)c1cc(/N=C/N(C)C)ncc1OC. The van der Waals surface area contributed by atoms with Crippen LogP contribution in [0.2, 0.25) is 0 Å². The molecule has 0 radical (unpaired) electrons. The third kappa shape index (κ3) is 3.44. The van der Waals surface area contributed by atoms with Gasteiger partial charge < -0.3 is 14.4 Å². The van der Waals surface area contributed by atoms with Crippen molar-refractivity contribution in [2.45, 2.75) is 0 Å². The molecule has 17 heavy (non-hydrogen) atoms. The van der Waals surface area contributed by atoms with Crippen molar-refractivity contribution in [3.63, 3.8) is 0 Å². The van der Waals surface area contributed by atoms with Gasteiger partial charge in [-0.3, -0.25) is 0 Å². The summed E-state index contributed by atoms with van der Waals surface area (Å²) in [4.78, 5) is 21.4. The van der Waals surface area contributed by atoms with Crippen molar-refractivity contribution in [3.05, 3.63) is 17.8 Å². The van der Waals surface area contributed by atoms with Gasteiger partial charge in [0.25, 0.3) is 0 Å². The van der Waals surface area contributed by atoms with Crippen LogP contribution in [0.5, 0.6) is 5.75 Å². The number of hydrogen-bond acceptors (Lipinski definition) is 5. The number of methoxy groups -OCH3 is 2. The van der Waals surface area contributed by atoms with E-state index < -0.39 is 5.97 Å². The Morgan fingerprint density at radius 1 is 1.47 bits per heavy atom. The first kappa shape index (κ1) is 13.0. The molecule has 1 rings (SSSR count). The average molecular weight is 237 g/mol. The highest BCUT2D eigenvalue weighted by Crippen LogP contribution is 2.22. The van der Waals surface area contributed by atoms with Crippen LogP contribution in [0, 0.1) is 0 Å². The third-order valence-electron chi connectivity index (χ3n) is 1.90. The maximum absolute atomic E-state index is 11.5. The second-order valence-electron chi connectivity index (χ2n) is 3.44. The lowest BCUT2D eigenvalue weighted by molar-refractivity contribution is 0.0597. The van der Waals surface area contributed by atoms with Crippen LogP contribution in [0.3, 0.4) is 0 Å². The summed E-state index contributed by atoms with van der Waals surface area (Å²) in [6, 6.07) is 1.52. The molecule has 0 spiro atoms. The Morgan fingerprint density at radius 3 is 2.71 bits per heavy atom. The van der Waals surface area contributed by atoms with Crippen molar-refractivity contribution in [3.8, 4) is 5.75 Å². The molecule has 0 atom stereocenters. The van der Waals surface area contributed by atoms with E-state index in [4.69, 9.17) is 4.74 Å². The average Bonchev–Trinajstić information content (AvgIpc) is 2.34. The van der Waals surface area contributed by atoms with Crippen LogP contribution in [0.4, 0.5) is 5.82 Å². The van der Waals surface area contributed by atoms with Crippen LogP contribution in [0.25, 0.3) is 0 Å². The van der Waals surface area contributed by atoms with Crippen LogP contribution < -0.4 is 4.74 Å². The first-order chi connectivity index (χ1) is 8.08. The van der Waals surface area contributed by atoms with Crippen LogP contribution in [0.15, 0.2) is 17.3 Å². The molecule has 92 valence electrons. The summed E-state index contributed by atoms with van der Waals surface area (Å²) < 4.78 is 9.67. The molecule has 6 nitrogen and oxygen atoms in total. The number of carbonyl (C=O) groups excluding carboxylic acids is 1. The predicted molar refractivity (Wildman–Crippen MR) is 64.0 cm³/mol. The molecule has 6 heteroatoms. The second-order valence-corrected chi connectivity index (χ2v) is 3.44. The number of pyridine rings is 1. The highest BCUT2D eigenvalue weighted by Gasteiger charge is 2.13. The van der Waals surface area contributed by atoms with Crippen LogP contribution in [0.1, 0.15) is 10.4 Å². The number of hydrogen-bond donors (Lipinski definition) is 0. The molecule has 0 fully saturated rings. The van der Waals surface area contributed by atoms with Crippen molar-refractivity contribution < 1.29 is 14.3 Å². The number of aliphatic imine (C=N–C) groups is 1. The van der Waals surface area contributed by atoms with Gasteiger partial charge in [0.15, 0.2) is 11.6 Å². The van der Waals surface area contributed by atoms with E-state index >= 15 is 0 Å². The van der Waals surface area contributed by atoms with Gasteiger partial charge in [-0.05, 0) is 0 Å². The molecular formula is C11H15N3O3. The lowest BCUT2D eigenvalue weighted by atomic mass is 10.2. The quantitative estimate of drug-likeness (QED) is 0.445. The Balaban J connectivity index is 3.09. The Hall–Kier alpha value is -2.11. The van der Waals surface area contributed by atoms with Gasteiger partial charge in [-0.25, -0.2) is 14.8 Å². The van der Waals surface area contributed by atoms with E-state index in [1.165, 1.54) is 26.5 Å². The van der Waals surface area contributed by atoms with E-state index in [2.05, 4.69) is 14.7 Å². The van der Waals surface area contributed by atoms with Gasteiger partial charge >= 0.3 is 5.97 Å². The van der Waals surface area contributed by atoms with E-state index in [0.717, 1.165) is 0 Å². The lowest BCUT2D eigenvalue weighted by Gasteiger charge is -2.07. The van der Waals surface area contributed by atoms with E-state index in [1.54, 1.807) is 11.2 Å². The number of esters is 1. The van der Waals surface area contributed by atoms with Gasteiger partial charge in [0.05, 0.1) is 26.8 Å². The standard InChI is InChI=1S/C11H15N3O3/c1-14(2)7-13-10-5-8(11(15)17-4)9(16-3)6-12-10/h5-7H,1-4H3/b13-7+. The molecule has 0 aliphatic heterocycles. The maximum atomic E-state index is 11.5. The number of carbonyl (C=O) groups is 1. The zero-order valence-corrected chi connectivity index (χ0v) is 10.3. The zero-order valence-electron chi connectivity index (χ0n) is 10.3. The van der Waals surface area contributed by atoms with Crippen LogP contribution in [-0.4, -0.2) is 50.5 Å². The summed E-state index contributed by atoms with van der Waals surface area (Å²) in [6.07, 6.45) is 3.03. The highest BCUT2D eigenvalue weighted by molar-refractivity contribution is 5.93. The molecule has 0 bridgehead atoms. The van der Waals surface area contributed by atoms with Crippen molar-refractivity contribution in [2.75, 3.05) is 28.3 Å². The fourth-order valence-electron chi connectivity index (χ4n) is 1.11. The maximum Gasteiger partial charge on any atom is 0.341 e. The molecule has 0 aromatic carbocycles. The number of rotatable bonds is 4. The molecule has 1 heterocycles. The van der Waals surface area contributed by atoms with E-state index in [0.29, 0.717) is 17.1 Å². The monoisotopic (exact) mass is 237 g/mol. The van der Waals surface area contributed by atoms with Gasteiger partial charge in [0.2, 0.25) is 0 Å². The molecule has 1 aromatic heterocycles. The Kier molecular flexibility index (Phi) is 4.45. The fraction of sp³-hybridized carbons (Fsp3) is 0.364. The minimum atomic E-state index is -0.481. The summed E-state index contributed by atoms with van der Waals surface area (Å²) in [5.74, 6) is 0.297. The van der Waals surface area contributed by atoms with Crippen LogP contribution in [-0.2, 0) is 4.74 Å². The molecule has 0 aliphatic rings. The first-order valence-electron chi connectivity index (χ1n) is 4.91. The minimum Gasteiger partial charge on any atom is -0.494 e. The molecule has 0 aliphatic carbocycles. The largest absolute Gasteiger partial charge is 0.494 e. The summed E-state index contributed by atoms with van der Waals surface area (Å²) in [5, 5.41) is 0. The Bertz CT molecular complexity index is 430. The molecule has 0 N–H and O–H groups in total. The Labute approximate surface area is 99.9 Å². The van der Waals surface area contributed by atoms with Crippen molar-refractivity contribution in [2.24, 2.45) is 4.99 Å². The van der Waals surface area contributed by atoms with Gasteiger partial charge in [-0.15, -0.1) is 0 Å². The summed E-state index contributed by atoms with van der Waals surface area (Å²) in [6.45, 7) is 0. The summed E-state index contributed by atoms with van der Waals surface area (Å²) in [5.41, 5.74) is 0.302. The molecular weight excluding hydrogens is 222 g/mol. The van der Waals surface area contributed by atoms with E-state index in [9.17, 15) is 4.79 Å². The molecule has 1 aromatic rings. The van der Waals surface area contributed by atoms with Gasteiger partial charge in [-0.2, -0.15) is 0 Å². The third-order valence-corrected chi connectivity index (χ3v) is 1.90. The lowest BCUT2D eigenvalue weighted by Crippen LogP contribution is -2.07. The topological polar surface area (TPSA) is 64.0 Å². The fourth-order valence-corrected chi connectivity index (χ4v) is 1.11. The van der Waals surface area contributed by atoms with Crippen LogP contribution >= 0.6 is 0 Å². The number of nitrogens with zero attached hydrogens (tertiary/aromatic N) is 3. The smallest absolute Gasteiger partial charge is 0.341 e. The molecule has 0 unspecified atom stereocenters. The van der Waals surface area contributed by atoms with Gasteiger partial charge in [0, 0.05) is 20.2 Å². The molecule has 0 amide bonds. The van der Waals surface area contributed by atoms with Gasteiger partial charge in [-0.1, -0.05) is 0 Å². The number of aromatic nitrogens is 1. The zero-order chi connectivity index (χ0) is 12.8. The van der Waals surface area contributed by atoms with Crippen molar-refractivity contribution in [1.82, 2.24) is 9.88 Å². The summed E-state index contributed by atoms with van der Waals surface area (Å²) >= 11 is 0. The van der Waals surface area contributed by atoms with Crippen molar-refractivity contribution >= 4 is 18.1 Å².